The second kappa shape index (κ2) is 19.5. The molecule has 0 aliphatic carbocycles. The molecular formula is C77H67N5O. The predicted octanol–water partition coefficient (Wildman–Crippen LogP) is 21.4. The zero-order chi connectivity index (χ0) is 56.9. The van der Waals surface area contributed by atoms with Crippen LogP contribution in [0.2, 0.25) is 0 Å². The number of fused-ring (bicyclic) bond motifs is 13. The highest BCUT2D eigenvalue weighted by molar-refractivity contribution is 6.25. The minimum absolute atomic E-state index is 0.0344. The van der Waals surface area contributed by atoms with E-state index in [9.17, 15) is 0 Å². The second-order valence-corrected chi connectivity index (χ2v) is 25.5. The minimum atomic E-state index is -0.0736. The van der Waals surface area contributed by atoms with E-state index in [0.29, 0.717) is 5.75 Å². The van der Waals surface area contributed by atoms with Crippen LogP contribution in [0, 0.1) is 0 Å². The number of rotatable bonds is 7. The van der Waals surface area contributed by atoms with Gasteiger partial charge in [0.25, 0.3) is 0 Å². The Labute approximate surface area is 485 Å². The number of pyridine rings is 1. The summed E-state index contributed by atoms with van der Waals surface area (Å²) in [6.07, 6.45) is 1.92. The molecule has 10 aromatic carbocycles. The molecule has 0 bridgehead atoms. The summed E-state index contributed by atoms with van der Waals surface area (Å²) in [5, 5.41) is 15.5. The number of hydrogen-bond acceptors (Lipinski definition) is 3. The highest BCUT2D eigenvalue weighted by atomic mass is 16.5. The van der Waals surface area contributed by atoms with Crippen LogP contribution in [0.5, 0.6) is 11.5 Å². The van der Waals surface area contributed by atoms with Gasteiger partial charge < -0.3 is 19.6 Å². The Hall–Kier alpha value is -9.65. The predicted molar refractivity (Wildman–Crippen MR) is 353 cm³/mol. The summed E-state index contributed by atoms with van der Waals surface area (Å²) in [4.78, 5) is 9.20. The number of ether oxygens (including phenoxy) is 1. The zero-order valence-electron chi connectivity index (χ0n) is 48.7. The summed E-state index contributed by atoms with van der Waals surface area (Å²) in [6, 6.07) is 81.7. The molecule has 4 aromatic heterocycles. The number of nitrogens with one attached hydrogen (secondary N) is 2. The topological polar surface area (TPSA) is 59.8 Å². The van der Waals surface area contributed by atoms with Crippen molar-refractivity contribution in [2.75, 3.05) is 5.32 Å². The molecule has 406 valence electrons. The van der Waals surface area contributed by atoms with E-state index >= 15 is 0 Å². The van der Waals surface area contributed by atoms with Crippen molar-refractivity contribution in [3.05, 3.63) is 247 Å². The quantitative estimate of drug-likeness (QED) is 0.167. The van der Waals surface area contributed by atoms with Crippen LogP contribution in [-0.2, 0) is 16.2 Å². The molecule has 0 saturated carbocycles. The van der Waals surface area contributed by atoms with Gasteiger partial charge >= 0.3 is 0 Å². The minimum Gasteiger partial charge on any atom is -0.457 e. The smallest absolute Gasteiger partial charge is 0.137 e. The van der Waals surface area contributed by atoms with Crippen molar-refractivity contribution in [2.45, 2.75) is 78.6 Å². The van der Waals surface area contributed by atoms with Crippen molar-refractivity contribution < 1.29 is 4.74 Å². The maximum Gasteiger partial charge on any atom is 0.137 e. The van der Waals surface area contributed by atoms with Crippen LogP contribution in [-0.4, -0.2) is 19.1 Å². The Morgan fingerprint density at radius 3 is 1.64 bits per heavy atom. The molecule has 0 spiro atoms. The van der Waals surface area contributed by atoms with Gasteiger partial charge in [-0.25, -0.2) is 4.98 Å². The van der Waals surface area contributed by atoms with Crippen LogP contribution in [0.3, 0.4) is 0 Å². The molecule has 0 radical (unpaired) electrons. The van der Waals surface area contributed by atoms with E-state index < -0.39 is 0 Å². The first-order valence-electron chi connectivity index (χ1n) is 29.0. The number of aromatic nitrogens is 4. The molecule has 0 unspecified atom stereocenters. The van der Waals surface area contributed by atoms with Crippen LogP contribution < -0.4 is 10.1 Å². The number of anilines is 2. The summed E-state index contributed by atoms with van der Waals surface area (Å²) in [5.74, 6) is 2.33. The summed E-state index contributed by atoms with van der Waals surface area (Å²) in [6.45, 7) is 20.6. The third-order valence-electron chi connectivity index (χ3n) is 16.8. The maximum atomic E-state index is 6.88. The van der Waals surface area contributed by atoms with Crippen LogP contribution >= 0.6 is 0 Å². The van der Waals surface area contributed by atoms with Gasteiger partial charge in [-0.05, 0) is 139 Å². The first-order valence-corrected chi connectivity index (χ1v) is 29.0. The highest BCUT2D eigenvalue weighted by Crippen LogP contribution is 2.44. The van der Waals surface area contributed by atoms with Crippen LogP contribution in [0.4, 0.5) is 11.4 Å². The Balaban J connectivity index is 1.00. The van der Waals surface area contributed by atoms with Gasteiger partial charge in [0.15, 0.2) is 0 Å². The molecule has 0 amide bonds. The number of H-pyrrole nitrogens is 1. The number of hydrogen-bond donors (Lipinski definition) is 2. The van der Waals surface area contributed by atoms with Crippen molar-refractivity contribution in [2.24, 2.45) is 0 Å². The van der Waals surface area contributed by atoms with Gasteiger partial charge in [0.05, 0.1) is 38.8 Å². The van der Waals surface area contributed by atoms with E-state index in [1.165, 1.54) is 49.3 Å². The third kappa shape index (κ3) is 9.10. The molecule has 14 aromatic rings. The van der Waals surface area contributed by atoms with Crippen molar-refractivity contribution >= 4 is 98.3 Å². The van der Waals surface area contributed by atoms with Crippen molar-refractivity contribution in [3.8, 4) is 34.1 Å². The molecule has 2 N–H and O–H groups in total. The van der Waals surface area contributed by atoms with Gasteiger partial charge in [-0.3, -0.25) is 4.57 Å². The molecule has 83 heavy (non-hydrogen) atoms. The van der Waals surface area contributed by atoms with Gasteiger partial charge in [0.1, 0.15) is 17.3 Å². The van der Waals surface area contributed by atoms with E-state index in [-0.39, 0.29) is 16.2 Å². The number of benzene rings is 10. The molecule has 0 saturated heterocycles. The molecule has 0 aliphatic rings. The van der Waals surface area contributed by atoms with E-state index in [1.54, 1.807) is 0 Å². The van der Waals surface area contributed by atoms with Crippen molar-refractivity contribution in [1.82, 2.24) is 19.1 Å². The third-order valence-corrected chi connectivity index (χ3v) is 16.8. The van der Waals surface area contributed by atoms with Crippen molar-refractivity contribution in [1.29, 1.82) is 0 Å². The number of nitrogens with zero attached hydrogens (tertiary/aromatic N) is 3. The largest absolute Gasteiger partial charge is 0.457 e. The lowest BCUT2D eigenvalue weighted by atomic mass is 9.79. The van der Waals surface area contributed by atoms with Gasteiger partial charge in [-0.1, -0.05) is 196 Å². The Kier molecular flexibility index (Phi) is 12.1. The van der Waals surface area contributed by atoms with Crippen LogP contribution in [0.15, 0.2) is 231 Å². The SMILES string of the molecule is CC(C)(C)c1cc(-c2cccc3c2[nH]c2c(Nc4cccc(Oc5ccc6c7ccccc7n(-c7cc(C(C)(C)C)ccn7)c6c5)c4)cccc2c2cc4c(cc2c2ccccc32)c2ccccc2n4-c2ccccc2)cc(C(C)(C)C)c1. The zero-order valence-corrected chi connectivity index (χ0v) is 48.7. The van der Waals surface area contributed by atoms with Crippen LogP contribution in [0.25, 0.3) is 110 Å². The first-order chi connectivity index (χ1) is 40.0. The molecule has 0 aliphatic heterocycles. The standard InChI is InChI=1S/C77H67N5O/c1-75(2,3)49-38-39-78-72(43-49)82-69-35-18-15-28-59(69)61-37-36-55(45-70(61)82)83-54-25-19-22-52(44-54)79-67-33-21-32-63-65-47-71-66(60-29-16-17-34-68(60)81(71)53-23-11-10-12-24-53)46-64(65)58-27-14-13-26-57(58)62-31-20-30-56(73(62)80-74(63)67)48-40-50(76(4,5)6)42-51(41-48)77(7,8)9/h10-47,79-80H,1-9H3. The van der Waals surface area contributed by atoms with E-state index in [2.05, 4.69) is 300 Å². The average Bonchev–Trinajstić information content (AvgIpc) is 2.57. The average molecular weight is 1080 g/mol. The summed E-state index contributed by atoms with van der Waals surface area (Å²) >= 11 is 0. The molecule has 14 rings (SSSR count). The Morgan fingerprint density at radius 2 is 0.928 bits per heavy atom. The molecule has 6 nitrogen and oxygen atoms in total. The first kappa shape index (κ1) is 51.5. The number of aromatic amines is 1. The lowest BCUT2D eigenvalue weighted by molar-refractivity contribution is 0.483. The van der Waals surface area contributed by atoms with E-state index in [1.807, 2.05) is 12.3 Å². The molecular weight excluding hydrogens is 1010 g/mol. The molecule has 4 heterocycles. The fourth-order valence-electron chi connectivity index (χ4n) is 12.4. The normalized spacial score (nSPS) is 12.4. The van der Waals surface area contributed by atoms with Gasteiger partial charge in [-0.2, -0.15) is 0 Å². The van der Waals surface area contributed by atoms with E-state index in [4.69, 9.17) is 9.72 Å². The summed E-state index contributed by atoms with van der Waals surface area (Å²) in [5.41, 5.74) is 15.4. The molecule has 0 atom stereocenters. The van der Waals surface area contributed by atoms with Gasteiger partial charge in [0, 0.05) is 67.6 Å². The fraction of sp³-hybridized carbons (Fsp3) is 0.156. The Morgan fingerprint density at radius 1 is 0.373 bits per heavy atom. The molecule has 0 fully saturated rings. The van der Waals surface area contributed by atoms with E-state index in [0.717, 1.165) is 94.1 Å². The fourth-order valence-corrected chi connectivity index (χ4v) is 12.4. The highest BCUT2D eigenvalue weighted by Gasteiger charge is 2.24. The lowest BCUT2D eigenvalue weighted by Gasteiger charge is -2.26. The van der Waals surface area contributed by atoms with Crippen LogP contribution in [0.1, 0.15) is 79.0 Å². The monoisotopic (exact) mass is 1080 g/mol. The van der Waals surface area contributed by atoms with Gasteiger partial charge in [-0.15, -0.1) is 0 Å². The summed E-state index contributed by atoms with van der Waals surface area (Å²) in [7, 11) is 0. The Bertz CT molecular complexity index is 4940. The molecule has 6 heteroatoms. The summed E-state index contributed by atoms with van der Waals surface area (Å²) < 4.78 is 11.6. The van der Waals surface area contributed by atoms with Gasteiger partial charge in [0.2, 0.25) is 0 Å². The maximum absolute atomic E-state index is 6.88. The van der Waals surface area contributed by atoms with Crippen molar-refractivity contribution in [3.63, 3.8) is 0 Å². The number of para-hydroxylation sites is 5. The lowest BCUT2D eigenvalue weighted by Crippen LogP contribution is -2.16. The second-order valence-electron chi connectivity index (χ2n) is 25.5.